The summed E-state index contributed by atoms with van der Waals surface area (Å²) in [5.41, 5.74) is -12.6. The molecule has 1 fully saturated rings. The van der Waals surface area contributed by atoms with Crippen LogP contribution in [0.25, 0.3) is 0 Å². The fraction of sp³-hybridized carbons (Fsp3) is 0.222. The minimum absolute atomic E-state index is 0.284. The third-order valence-corrected chi connectivity index (χ3v) is 7.27. The van der Waals surface area contributed by atoms with E-state index in [1.165, 1.54) is 0 Å². The zero-order valence-corrected chi connectivity index (χ0v) is 22.2. The lowest BCUT2D eigenvalue weighted by Gasteiger charge is -2.62. The number of hydrogen-bond donors (Lipinski definition) is 13. The fourth-order valence-electron chi connectivity index (χ4n) is 4.90. The maximum absolute atomic E-state index is 14.6. The van der Waals surface area contributed by atoms with Crippen LogP contribution >= 0.6 is 0 Å². The van der Waals surface area contributed by atoms with Gasteiger partial charge in [0.25, 0.3) is 0 Å². The monoisotopic (exact) mass is 635 g/mol. The van der Waals surface area contributed by atoms with Gasteiger partial charge in [-0.25, -0.2) is 0 Å². The Balaban J connectivity index is 2.12. The normalized spacial score (nSPS) is 26.3. The molecule has 0 unspecified atom stereocenters. The number of ether oxygens (including phenoxy) is 1. The molecule has 1 heterocycles. The van der Waals surface area contributed by atoms with E-state index in [0.29, 0.717) is 24.3 Å². The fourth-order valence-corrected chi connectivity index (χ4v) is 4.90. The Bertz CT molecular complexity index is 1680. The molecule has 3 aromatic rings. The van der Waals surface area contributed by atoms with Crippen LogP contribution in [0.5, 0.6) is 51.7 Å². The van der Waals surface area contributed by atoms with E-state index >= 15 is 0 Å². The molecule has 18 nitrogen and oxygen atoms in total. The summed E-state index contributed by atoms with van der Waals surface area (Å²) in [6.07, 6.45) is -5.56. The van der Waals surface area contributed by atoms with E-state index in [9.17, 15) is 85.9 Å². The van der Waals surface area contributed by atoms with Crippen LogP contribution in [0.15, 0.2) is 36.4 Å². The molecule has 5 atom stereocenters. The SMILES string of the molecule is O=C(c1cc(O)c(O)c(O)c1)[C@@]1(O)[C@@]([O-])(C(=O)c2cc(O)c(O)c(O)c2)O[C@H](CO)[C@@H](O)[C@@]1(O)C(=O)c1cc(O)c(O)c(O)c1. The van der Waals surface area contributed by atoms with Crippen LogP contribution < -0.4 is 5.11 Å². The second kappa shape index (κ2) is 10.7. The van der Waals surface area contributed by atoms with E-state index < -0.39 is 122 Å². The number of aliphatic hydroxyl groups excluding tert-OH is 2. The number of ketones is 3. The molecule has 0 amide bonds. The molecule has 0 aliphatic carbocycles. The van der Waals surface area contributed by atoms with E-state index in [2.05, 4.69) is 0 Å². The molecule has 13 N–H and O–H groups in total. The minimum atomic E-state index is -4.68. The number of rotatable bonds is 7. The molecule has 240 valence electrons. The Labute approximate surface area is 249 Å². The van der Waals surface area contributed by atoms with Gasteiger partial charge in [-0.2, -0.15) is 0 Å². The van der Waals surface area contributed by atoms with Gasteiger partial charge in [0.2, 0.25) is 5.78 Å². The molecule has 0 spiro atoms. The first-order chi connectivity index (χ1) is 20.8. The number of carbonyl (C=O) groups excluding carboxylic acids is 3. The Morgan fingerprint density at radius 1 is 0.622 bits per heavy atom. The van der Waals surface area contributed by atoms with Crippen molar-refractivity contribution >= 4 is 17.3 Å². The first-order valence-corrected chi connectivity index (χ1v) is 12.3. The molecular formula is C27H23O18-. The summed E-state index contributed by atoms with van der Waals surface area (Å²) in [6.45, 7) is -1.52. The van der Waals surface area contributed by atoms with Crippen LogP contribution in [0.1, 0.15) is 31.1 Å². The van der Waals surface area contributed by atoms with Gasteiger partial charge < -0.3 is 76.2 Å². The number of carbonyl (C=O) groups is 3. The molecule has 18 heteroatoms. The van der Waals surface area contributed by atoms with E-state index in [1.807, 2.05) is 0 Å². The topological polar surface area (TPSA) is 346 Å². The van der Waals surface area contributed by atoms with Gasteiger partial charge >= 0.3 is 0 Å². The summed E-state index contributed by atoms with van der Waals surface area (Å²) in [4.78, 5) is 41.6. The van der Waals surface area contributed by atoms with Gasteiger partial charge in [-0.05, 0) is 36.4 Å². The number of aromatic hydroxyl groups is 9. The molecule has 0 bridgehead atoms. The van der Waals surface area contributed by atoms with E-state index in [4.69, 9.17) is 4.74 Å². The first kappa shape index (κ1) is 32.5. The number of phenolic OH excluding ortho intramolecular Hbond substituents is 9. The zero-order valence-electron chi connectivity index (χ0n) is 22.2. The smallest absolute Gasteiger partial charge is 0.201 e. The van der Waals surface area contributed by atoms with Crippen LogP contribution in [0.4, 0.5) is 0 Å². The summed E-state index contributed by atoms with van der Waals surface area (Å²) in [6, 6.07) is 1.87. The quantitative estimate of drug-likeness (QED) is 0.0924. The van der Waals surface area contributed by atoms with Gasteiger partial charge in [0.1, 0.15) is 18.0 Å². The van der Waals surface area contributed by atoms with Crippen molar-refractivity contribution < 1.29 is 90.6 Å². The molecule has 1 saturated heterocycles. The maximum Gasteiger partial charge on any atom is 0.201 e. The van der Waals surface area contributed by atoms with Crippen LogP contribution in [0.2, 0.25) is 0 Å². The average Bonchev–Trinajstić information content (AvgIpc) is 2.99. The molecule has 1 aliphatic rings. The third kappa shape index (κ3) is 4.47. The average molecular weight is 635 g/mol. The zero-order chi connectivity index (χ0) is 34.0. The highest BCUT2D eigenvalue weighted by Crippen LogP contribution is 2.50. The van der Waals surface area contributed by atoms with Gasteiger partial charge in [-0.15, -0.1) is 0 Å². The number of hydrogen-bond acceptors (Lipinski definition) is 18. The van der Waals surface area contributed by atoms with Gasteiger partial charge in [0, 0.05) is 16.7 Å². The number of benzene rings is 3. The second-order valence-corrected chi connectivity index (χ2v) is 9.95. The molecule has 1 aliphatic heterocycles. The largest absolute Gasteiger partial charge is 0.820 e. The summed E-state index contributed by atoms with van der Waals surface area (Å²) in [7, 11) is 0. The van der Waals surface area contributed by atoms with E-state index in [-0.39, 0.29) is 12.1 Å². The molecule has 45 heavy (non-hydrogen) atoms. The van der Waals surface area contributed by atoms with Crippen molar-refractivity contribution in [2.24, 2.45) is 0 Å². The van der Waals surface area contributed by atoms with Crippen molar-refractivity contribution in [3.05, 3.63) is 53.1 Å². The predicted octanol–water partition coefficient (Wildman–Crippen LogP) is -2.74. The van der Waals surface area contributed by atoms with Crippen LogP contribution in [-0.2, 0) is 4.74 Å². The van der Waals surface area contributed by atoms with Gasteiger partial charge in [-0.1, -0.05) is 0 Å². The van der Waals surface area contributed by atoms with Crippen molar-refractivity contribution in [3.8, 4) is 51.7 Å². The summed E-state index contributed by atoms with van der Waals surface area (Å²) < 4.78 is 4.93. The summed E-state index contributed by atoms with van der Waals surface area (Å²) in [5.74, 6) is -22.4. The van der Waals surface area contributed by atoms with Crippen LogP contribution in [-0.4, -0.2) is 120 Å². The van der Waals surface area contributed by atoms with E-state index in [0.717, 1.165) is 0 Å². The van der Waals surface area contributed by atoms with Crippen molar-refractivity contribution in [2.75, 3.05) is 6.61 Å². The highest BCUT2D eigenvalue weighted by atomic mass is 16.7. The number of Topliss-reactive ketones (excluding diaryl/α,β-unsaturated/α-hetero) is 3. The van der Waals surface area contributed by atoms with Crippen molar-refractivity contribution in [1.82, 2.24) is 0 Å². The molecule has 0 saturated carbocycles. The molecule has 0 aromatic heterocycles. The van der Waals surface area contributed by atoms with Crippen molar-refractivity contribution in [1.29, 1.82) is 0 Å². The van der Waals surface area contributed by atoms with Gasteiger partial charge in [0.15, 0.2) is 74.5 Å². The van der Waals surface area contributed by atoms with Gasteiger partial charge in [0.05, 0.1) is 6.61 Å². The summed E-state index contributed by atoms with van der Waals surface area (Å²) >= 11 is 0. The Kier molecular flexibility index (Phi) is 7.71. The Morgan fingerprint density at radius 3 is 1.27 bits per heavy atom. The lowest BCUT2D eigenvalue weighted by Crippen LogP contribution is -2.89. The predicted molar refractivity (Wildman–Crippen MR) is 138 cm³/mol. The molecule has 4 rings (SSSR count). The van der Waals surface area contributed by atoms with Crippen LogP contribution in [0.3, 0.4) is 0 Å². The molecule has 0 radical (unpaired) electrons. The Hall–Kier alpha value is -5.37. The highest BCUT2D eigenvalue weighted by Gasteiger charge is 2.75. The van der Waals surface area contributed by atoms with Crippen molar-refractivity contribution in [3.63, 3.8) is 0 Å². The second-order valence-electron chi connectivity index (χ2n) is 9.95. The van der Waals surface area contributed by atoms with E-state index in [1.54, 1.807) is 0 Å². The minimum Gasteiger partial charge on any atom is -0.820 e. The standard InChI is InChI=1S/C27H23O18/c28-7-17-24(41)25(42,21(38)8-1-11(29)18(35)12(30)2-8)26(43,22(39)9-3-13(31)19(36)14(32)4-9)27(44,45-17)23(40)10-5-15(33)20(37)16(34)6-10/h1-6,17,24,28-37,41-43H,7H2/q-1/t17-,24-,25+,26+,27-/m1/s1. The lowest BCUT2D eigenvalue weighted by atomic mass is 9.61. The number of aliphatic hydroxyl groups is 4. The third-order valence-electron chi connectivity index (χ3n) is 7.27. The van der Waals surface area contributed by atoms with Gasteiger partial charge in [-0.3, -0.25) is 14.4 Å². The maximum atomic E-state index is 14.6. The lowest BCUT2D eigenvalue weighted by molar-refractivity contribution is -0.583. The van der Waals surface area contributed by atoms with Crippen molar-refractivity contribution in [2.45, 2.75) is 29.2 Å². The summed E-state index contributed by atoms with van der Waals surface area (Å²) in [5, 5.41) is 148. The number of phenols is 9. The van der Waals surface area contributed by atoms with Crippen LogP contribution in [0, 0.1) is 0 Å². The molecular weight excluding hydrogens is 612 g/mol. The first-order valence-electron chi connectivity index (χ1n) is 12.3. The Morgan fingerprint density at radius 2 is 0.933 bits per heavy atom. The molecule has 3 aromatic carbocycles. The highest BCUT2D eigenvalue weighted by molar-refractivity contribution is 6.18.